The van der Waals surface area contributed by atoms with Crippen LogP contribution >= 0.6 is 11.8 Å². The molecule has 2 aliphatic rings. The van der Waals surface area contributed by atoms with Crippen molar-refractivity contribution in [1.29, 1.82) is 0 Å². The smallest absolute Gasteiger partial charge is 0.231 e. The van der Waals surface area contributed by atoms with Gasteiger partial charge in [0.1, 0.15) is 12.1 Å². The number of hydrogen-bond acceptors (Lipinski definition) is 8. The average Bonchev–Trinajstić information content (AvgIpc) is 3.50. The van der Waals surface area contributed by atoms with Crippen LogP contribution < -0.4 is 9.47 Å². The van der Waals surface area contributed by atoms with Crippen molar-refractivity contribution in [1.82, 2.24) is 19.7 Å². The number of aryl methyl sites for hydroxylation is 1. The predicted molar refractivity (Wildman–Crippen MR) is 109 cm³/mol. The maximum absolute atomic E-state index is 13.0. The Hall–Kier alpha value is -2.78. The number of nitrogens with zero attached hydrogens (tertiary/aromatic N) is 4. The van der Waals surface area contributed by atoms with Gasteiger partial charge in [0.2, 0.25) is 6.79 Å². The number of likely N-dealkylation sites (tertiary alicyclic amines) is 1. The predicted octanol–water partition coefficient (Wildman–Crippen LogP) is 3.38. The summed E-state index contributed by atoms with van der Waals surface area (Å²) in [6.45, 7) is 2.58. The highest BCUT2D eigenvalue weighted by atomic mass is 32.2. The molecule has 156 valence electrons. The van der Waals surface area contributed by atoms with E-state index in [9.17, 15) is 4.79 Å². The molecule has 0 bridgehead atoms. The second kappa shape index (κ2) is 8.16. The van der Waals surface area contributed by atoms with E-state index < -0.39 is 0 Å². The Kier molecular flexibility index (Phi) is 5.22. The van der Waals surface area contributed by atoms with Gasteiger partial charge in [-0.05, 0) is 61.5 Å². The van der Waals surface area contributed by atoms with Crippen LogP contribution in [0.4, 0.5) is 0 Å². The first kappa shape index (κ1) is 19.2. The summed E-state index contributed by atoms with van der Waals surface area (Å²) in [5.74, 6) is 2.37. The van der Waals surface area contributed by atoms with Crippen molar-refractivity contribution in [2.75, 3.05) is 19.9 Å². The highest BCUT2D eigenvalue weighted by Gasteiger charge is 2.28. The molecule has 0 spiro atoms. The van der Waals surface area contributed by atoms with E-state index in [4.69, 9.17) is 13.9 Å². The molecule has 1 saturated heterocycles. The number of carbonyl (C=O) groups excluding carboxylic acids is 1. The molecular weight excluding hydrogens is 404 g/mol. The minimum atomic E-state index is -0.0263. The number of aromatic nitrogens is 3. The molecular formula is C21H22N4O4S. The summed E-state index contributed by atoms with van der Waals surface area (Å²) in [6, 6.07) is 9.38. The third kappa shape index (κ3) is 3.95. The highest BCUT2D eigenvalue weighted by Crippen LogP contribution is 2.34. The van der Waals surface area contributed by atoms with Crippen molar-refractivity contribution in [3.8, 4) is 11.5 Å². The molecule has 4 heterocycles. The first-order chi connectivity index (χ1) is 14.7. The Bertz CT molecular complexity index is 1060. The van der Waals surface area contributed by atoms with Crippen LogP contribution in [0.5, 0.6) is 11.5 Å². The zero-order chi connectivity index (χ0) is 20.5. The van der Waals surface area contributed by atoms with Crippen LogP contribution in [0.1, 0.15) is 29.0 Å². The summed E-state index contributed by atoms with van der Waals surface area (Å²) in [5, 5.41) is 9.51. The second-order valence-electron chi connectivity index (χ2n) is 7.55. The third-order valence-electron chi connectivity index (χ3n) is 5.41. The Morgan fingerprint density at radius 1 is 1.23 bits per heavy atom. The molecule has 1 fully saturated rings. The van der Waals surface area contributed by atoms with Gasteiger partial charge in [0.05, 0.1) is 6.54 Å². The van der Waals surface area contributed by atoms with E-state index in [1.807, 2.05) is 35.9 Å². The molecule has 9 heteroatoms. The lowest BCUT2D eigenvalue weighted by Gasteiger charge is -2.31. The van der Waals surface area contributed by atoms with Gasteiger partial charge in [-0.25, -0.2) is 0 Å². The monoisotopic (exact) mass is 426 g/mol. The minimum absolute atomic E-state index is 0.0263. The van der Waals surface area contributed by atoms with Gasteiger partial charge in [0.25, 0.3) is 0 Å². The van der Waals surface area contributed by atoms with Crippen LogP contribution in [-0.2, 0) is 13.6 Å². The van der Waals surface area contributed by atoms with Crippen molar-refractivity contribution >= 4 is 17.5 Å². The summed E-state index contributed by atoms with van der Waals surface area (Å²) in [5.41, 5.74) is 0.687. The van der Waals surface area contributed by atoms with Crippen molar-refractivity contribution < 1.29 is 18.7 Å². The van der Waals surface area contributed by atoms with Gasteiger partial charge in [-0.3, -0.25) is 9.69 Å². The number of piperidine rings is 1. The van der Waals surface area contributed by atoms with Gasteiger partial charge < -0.3 is 18.5 Å². The maximum atomic E-state index is 13.0. The molecule has 3 aromatic rings. The molecule has 2 aromatic heterocycles. The van der Waals surface area contributed by atoms with Gasteiger partial charge in [-0.15, -0.1) is 10.2 Å². The van der Waals surface area contributed by atoms with Crippen LogP contribution in [0.3, 0.4) is 0 Å². The Morgan fingerprint density at radius 2 is 2.13 bits per heavy atom. The largest absolute Gasteiger partial charge is 0.454 e. The lowest BCUT2D eigenvalue weighted by molar-refractivity contribution is 0.0800. The summed E-state index contributed by atoms with van der Waals surface area (Å²) in [7, 11) is 1.90. The lowest BCUT2D eigenvalue weighted by Crippen LogP contribution is -2.38. The zero-order valence-corrected chi connectivity index (χ0v) is 17.4. The number of ketones is 1. The van der Waals surface area contributed by atoms with Crippen LogP contribution in [0.25, 0.3) is 0 Å². The van der Waals surface area contributed by atoms with Gasteiger partial charge in [0, 0.05) is 25.1 Å². The fourth-order valence-corrected chi connectivity index (χ4v) is 4.62. The first-order valence-electron chi connectivity index (χ1n) is 9.92. The Balaban J connectivity index is 1.22. The number of carbonyl (C=O) groups is 1. The van der Waals surface area contributed by atoms with Crippen molar-refractivity contribution in [3.63, 3.8) is 0 Å². The number of furan rings is 1. The number of benzene rings is 1. The van der Waals surface area contributed by atoms with Crippen molar-refractivity contribution in [2.24, 2.45) is 13.0 Å². The zero-order valence-electron chi connectivity index (χ0n) is 16.6. The first-order valence-corrected chi connectivity index (χ1v) is 10.7. The van der Waals surface area contributed by atoms with Gasteiger partial charge in [0.15, 0.2) is 27.5 Å². The number of hydrogen-bond donors (Lipinski definition) is 0. The van der Waals surface area contributed by atoms with E-state index in [1.54, 1.807) is 12.4 Å². The highest BCUT2D eigenvalue weighted by molar-refractivity contribution is 7.99. The van der Waals surface area contributed by atoms with E-state index in [1.165, 1.54) is 11.8 Å². The topological polar surface area (TPSA) is 82.6 Å². The quantitative estimate of drug-likeness (QED) is 0.555. The van der Waals surface area contributed by atoms with Crippen molar-refractivity contribution in [2.45, 2.75) is 29.6 Å². The molecule has 1 aromatic carbocycles. The summed E-state index contributed by atoms with van der Waals surface area (Å²) in [4.78, 5) is 15.3. The summed E-state index contributed by atoms with van der Waals surface area (Å²) < 4.78 is 18.6. The second-order valence-corrected chi connectivity index (χ2v) is 8.53. The Morgan fingerprint density at radius 3 is 3.00 bits per heavy atom. The fourth-order valence-electron chi connectivity index (χ4n) is 3.87. The van der Waals surface area contributed by atoms with E-state index in [0.717, 1.165) is 41.9 Å². The molecule has 0 amide bonds. The van der Waals surface area contributed by atoms with Crippen LogP contribution in [0, 0.1) is 5.92 Å². The SMILES string of the molecule is Cn1cnnc1Sc1ccc(CN2CCCC(C(=O)c3ccc4c(c3)OCO4)C2)o1. The molecule has 0 saturated carbocycles. The maximum Gasteiger partial charge on any atom is 0.231 e. The van der Waals surface area contributed by atoms with Gasteiger partial charge in [-0.1, -0.05) is 0 Å². The standard InChI is InChI=1S/C21H22N4O4S/c1-24-12-22-23-21(24)30-19-7-5-16(29-19)11-25-8-2-3-15(10-25)20(26)14-4-6-17-18(9-14)28-13-27-17/h4-7,9,12,15H,2-3,8,10-11,13H2,1H3. The average molecular weight is 426 g/mol. The number of fused-ring (bicyclic) bond motifs is 1. The van der Waals surface area contributed by atoms with Crippen LogP contribution in [-0.4, -0.2) is 45.3 Å². The molecule has 8 nitrogen and oxygen atoms in total. The van der Waals surface area contributed by atoms with Crippen molar-refractivity contribution in [3.05, 3.63) is 48.0 Å². The molecule has 0 aliphatic carbocycles. The fraction of sp³-hybridized carbons (Fsp3) is 0.381. The van der Waals surface area contributed by atoms with Gasteiger partial charge >= 0.3 is 0 Å². The number of Topliss-reactive ketones (excluding diaryl/α,β-unsaturated/α-hetero) is 1. The molecule has 0 N–H and O–H groups in total. The molecule has 1 unspecified atom stereocenters. The van der Waals surface area contributed by atoms with Crippen LogP contribution in [0.2, 0.25) is 0 Å². The number of rotatable bonds is 6. The normalized spacial score (nSPS) is 18.6. The van der Waals surface area contributed by atoms with E-state index in [2.05, 4.69) is 15.1 Å². The molecule has 30 heavy (non-hydrogen) atoms. The number of ether oxygens (including phenoxy) is 2. The Labute approximate surface area is 178 Å². The third-order valence-corrected chi connectivity index (χ3v) is 6.38. The molecule has 5 rings (SSSR count). The molecule has 0 radical (unpaired) electrons. The van der Waals surface area contributed by atoms with E-state index >= 15 is 0 Å². The molecule has 2 aliphatic heterocycles. The van der Waals surface area contributed by atoms with E-state index in [0.29, 0.717) is 23.6 Å². The summed E-state index contributed by atoms with van der Waals surface area (Å²) in [6.07, 6.45) is 3.55. The summed E-state index contributed by atoms with van der Waals surface area (Å²) >= 11 is 1.44. The van der Waals surface area contributed by atoms with Gasteiger partial charge in [-0.2, -0.15) is 0 Å². The minimum Gasteiger partial charge on any atom is -0.454 e. The van der Waals surface area contributed by atoms with Crippen LogP contribution in [0.15, 0.2) is 51.3 Å². The lowest BCUT2D eigenvalue weighted by atomic mass is 9.90. The van der Waals surface area contributed by atoms with E-state index in [-0.39, 0.29) is 18.5 Å². The molecule has 1 atom stereocenters.